The summed E-state index contributed by atoms with van der Waals surface area (Å²) in [6, 6.07) is 3.83. The van der Waals surface area contributed by atoms with Crippen LogP contribution in [-0.4, -0.2) is 41.1 Å². The van der Waals surface area contributed by atoms with Gasteiger partial charge in [0.15, 0.2) is 0 Å². The first-order valence-corrected chi connectivity index (χ1v) is 7.01. The summed E-state index contributed by atoms with van der Waals surface area (Å²) in [6.07, 6.45) is 1.38. The molecule has 0 amide bonds. The Bertz CT molecular complexity index is 670. The van der Waals surface area contributed by atoms with Crippen molar-refractivity contribution >= 4 is 29.0 Å². The zero-order chi connectivity index (χ0) is 15.6. The summed E-state index contributed by atoms with van der Waals surface area (Å²) < 4.78 is 15.3. The molecular formula is C14H14Cl2FN3O. The van der Waals surface area contributed by atoms with Gasteiger partial charge in [-0.25, -0.2) is 4.39 Å². The maximum Gasteiger partial charge on any atom is 0.215 e. The maximum absolute atomic E-state index is 13.8. The van der Waals surface area contributed by atoms with Gasteiger partial charge in [-0.1, -0.05) is 23.2 Å². The highest BCUT2D eigenvalue weighted by molar-refractivity contribution is 6.35. The molecule has 21 heavy (non-hydrogen) atoms. The molecule has 0 aliphatic carbocycles. The maximum atomic E-state index is 13.8. The molecule has 7 heteroatoms. The number of hydrogen-bond donors (Lipinski definition) is 0. The van der Waals surface area contributed by atoms with Gasteiger partial charge in [0.1, 0.15) is 11.5 Å². The number of carbonyl (C=O) groups excluding carboxylic acids is 1. The molecule has 0 saturated carbocycles. The molecule has 0 N–H and O–H groups in total. The number of halogens is 3. The van der Waals surface area contributed by atoms with Gasteiger partial charge in [-0.05, 0) is 32.3 Å². The molecule has 0 aliphatic heterocycles. The van der Waals surface area contributed by atoms with Crippen LogP contribution in [0.15, 0.2) is 24.4 Å². The second-order valence-corrected chi connectivity index (χ2v) is 5.66. The van der Waals surface area contributed by atoms with E-state index in [-0.39, 0.29) is 21.3 Å². The van der Waals surface area contributed by atoms with Crippen molar-refractivity contribution in [1.82, 2.24) is 14.7 Å². The Labute approximate surface area is 132 Å². The predicted molar refractivity (Wildman–Crippen MR) is 80.6 cm³/mol. The standard InChI is InChI=1S/C14H14Cl2FN3O/c1-19(2)5-6-20-13(11(16)8-18-20)14(21)10-7-9(15)3-4-12(10)17/h3-4,7-8H,5-6H2,1-2H3. The number of benzene rings is 1. The van der Waals surface area contributed by atoms with Crippen LogP contribution in [0.3, 0.4) is 0 Å². The Kier molecular flexibility index (Phi) is 4.98. The van der Waals surface area contributed by atoms with Crippen LogP contribution in [0.25, 0.3) is 0 Å². The van der Waals surface area contributed by atoms with E-state index in [1.807, 2.05) is 19.0 Å². The van der Waals surface area contributed by atoms with Crippen LogP contribution >= 0.6 is 23.2 Å². The van der Waals surface area contributed by atoms with Crippen LogP contribution in [-0.2, 0) is 6.54 Å². The first-order chi connectivity index (χ1) is 9.90. The summed E-state index contributed by atoms with van der Waals surface area (Å²) in [5, 5.41) is 4.55. The van der Waals surface area contributed by atoms with Gasteiger partial charge in [0.2, 0.25) is 5.78 Å². The van der Waals surface area contributed by atoms with Crippen LogP contribution in [0.5, 0.6) is 0 Å². The molecule has 0 saturated heterocycles. The second-order valence-electron chi connectivity index (χ2n) is 4.82. The number of nitrogens with zero attached hydrogens (tertiary/aromatic N) is 3. The minimum atomic E-state index is -0.638. The van der Waals surface area contributed by atoms with Crippen molar-refractivity contribution < 1.29 is 9.18 Å². The van der Waals surface area contributed by atoms with E-state index in [4.69, 9.17) is 23.2 Å². The summed E-state index contributed by atoms with van der Waals surface area (Å²) in [5.41, 5.74) is 0.0516. The SMILES string of the molecule is CN(C)CCn1ncc(Cl)c1C(=O)c1cc(Cl)ccc1F. The molecule has 1 aromatic carbocycles. The molecule has 112 valence electrons. The van der Waals surface area contributed by atoms with Crippen LogP contribution in [0.1, 0.15) is 16.1 Å². The number of carbonyl (C=O) groups is 1. The predicted octanol–water partition coefficient (Wildman–Crippen LogP) is 3.12. The lowest BCUT2D eigenvalue weighted by Crippen LogP contribution is -2.22. The Balaban J connectivity index is 2.39. The first kappa shape index (κ1) is 15.9. The van der Waals surface area contributed by atoms with Crippen molar-refractivity contribution in [2.75, 3.05) is 20.6 Å². The largest absolute Gasteiger partial charge is 0.308 e. The molecule has 4 nitrogen and oxygen atoms in total. The Morgan fingerprint density at radius 2 is 2.10 bits per heavy atom. The van der Waals surface area contributed by atoms with E-state index < -0.39 is 11.6 Å². The lowest BCUT2D eigenvalue weighted by molar-refractivity contribution is 0.102. The van der Waals surface area contributed by atoms with Gasteiger partial charge in [-0.15, -0.1) is 0 Å². The van der Waals surface area contributed by atoms with Crippen molar-refractivity contribution in [3.8, 4) is 0 Å². The summed E-state index contributed by atoms with van der Waals surface area (Å²) in [5.74, 6) is -1.17. The monoisotopic (exact) mass is 329 g/mol. The highest BCUT2D eigenvalue weighted by atomic mass is 35.5. The van der Waals surface area contributed by atoms with Gasteiger partial charge in [0.05, 0.1) is 23.3 Å². The van der Waals surface area contributed by atoms with E-state index in [0.29, 0.717) is 13.1 Å². The zero-order valence-corrected chi connectivity index (χ0v) is 13.1. The third kappa shape index (κ3) is 3.61. The number of hydrogen-bond acceptors (Lipinski definition) is 3. The molecule has 1 heterocycles. The van der Waals surface area contributed by atoms with E-state index in [1.54, 1.807) is 0 Å². The minimum Gasteiger partial charge on any atom is -0.308 e. The third-order valence-corrected chi connectivity index (χ3v) is 3.45. The number of rotatable bonds is 5. The fourth-order valence-electron chi connectivity index (χ4n) is 1.85. The molecule has 0 spiro atoms. The van der Waals surface area contributed by atoms with Crippen molar-refractivity contribution in [2.24, 2.45) is 0 Å². The van der Waals surface area contributed by atoms with E-state index in [2.05, 4.69) is 5.10 Å². The summed E-state index contributed by atoms with van der Waals surface area (Å²) >= 11 is 11.8. The average molecular weight is 330 g/mol. The second kappa shape index (κ2) is 6.56. The molecule has 0 bridgehead atoms. The smallest absolute Gasteiger partial charge is 0.215 e. The molecule has 2 aromatic rings. The molecule has 0 atom stereocenters. The van der Waals surface area contributed by atoms with Gasteiger partial charge in [-0.3, -0.25) is 9.48 Å². The van der Waals surface area contributed by atoms with Crippen LogP contribution < -0.4 is 0 Å². The van der Waals surface area contributed by atoms with Crippen LogP contribution in [0.4, 0.5) is 4.39 Å². The minimum absolute atomic E-state index is 0.115. The van der Waals surface area contributed by atoms with E-state index in [9.17, 15) is 9.18 Å². The molecule has 0 aliphatic rings. The molecule has 0 unspecified atom stereocenters. The van der Waals surface area contributed by atoms with E-state index >= 15 is 0 Å². The number of aromatic nitrogens is 2. The Morgan fingerprint density at radius 3 is 2.76 bits per heavy atom. The van der Waals surface area contributed by atoms with E-state index in [1.165, 1.54) is 23.0 Å². The summed E-state index contributed by atoms with van der Waals surface area (Å²) in [4.78, 5) is 14.5. The van der Waals surface area contributed by atoms with Crippen molar-refractivity contribution in [3.05, 3.63) is 51.5 Å². The first-order valence-electron chi connectivity index (χ1n) is 6.26. The van der Waals surface area contributed by atoms with Crippen LogP contribution in [0.2, 0.25) is 10.0 Å². The molecule has 2 rings (SSSR count). The van der Waals surface area contributed by atoms with Crippen molar-refractivity contribution in [2.45, 2.75) is 6.54 Å². The highest BCUT2D eigenvalue weighted by Crippen LogP contribution is 2.23. The molecular weight excluding hydrogens is 316 g/mol. The molecule has 0 radical (unpaired) electrons. The average Bonchev–Trinajstić information content (AvgIpc) is 2.79. The van der Waals surface area contributed by atoms with Gasteiger partial charge in [0, 0.05) is 11.6 Å². The molecule has 1 aromatic heterocycles. The van der Waals surface area contributed by atoms with Gasteiger partial charge < -0.3 is 4.90 Å². The van der Waals surface area contributed by atoms with Crippen LogP contribution in [0, 0.1) is 5.82 Å². The lowest BCUT2D eigenvalue weighted by atomic mass is 10.1. The summed E-state index contributed by atoms with van der Waals surface area (Å²) in [6.45, 7) is 1.15. The lowest BCUT2D eigenvalue weighted by Gasteiger charge is -2.12. The van der Waals surface area contributed by atoms with Crippen molar-refractivity contribution in [1.29, 1.82) is 0 Å². The quantitative estimate of drug-likeness (QED) is 0.791. The Morgan fingerprint density at radius 1 is 1.38 bits per heavy atom. The molecule has 0 fully saturated rings. The normalized spacial score (nSPS) is 11.1. The topological polar surface area (TPSA) is 38.1 Å². The third-order valence-electron chi connectivity index (χ3n) is 2.94. The highest BCUT2D eigenvalue weighted by Gasteiger charge is 2.22. The van der Waals surface area contributed by atoms with Gasteiger partial charge in [-0.2, -0.15) is 5.10 Å². The fourth-order valence-corrected chi connectivity index (χ4v) is 2.25. The van der Waals surface area contributed by atoms with E-state index in [0.717, 1.165) is 6.07 Å². The zero-order valence-electron chi connectivity index (χ0n) is 11.6. The van der Waals surface area contributed by atoms with Gasteiger partial charge >= 0.3 is 0 Å². The Hall–Kier alpha value is -1.43. The van der Waals surface area contributed by atoms with Gasteiger partial charge in [0.25, 0.3) is 0 Å². The number of ketones is 1. The van der Waals surface area contributed by atoms with Crippen molar-refractivity contribution in [3.63, 3.8) is 0 Å². The number of likely N-dealkylation sites (N-methyl/N-ethyl adjacent to an activating group) is 1. The summed E-state index contributed by atoms with van der Waals surface area (Å²) in [7, 11) is 3.81. The fraction of sp³-hybridized carbons (Fsp3) is 0.286.